The molecule has 2 amide bonds. The zero-order valence-corrected chi connectivity index (χ0v) is 42.7. The van der Waals surface area contributed by atoms with Crippen LogP contribution in [0.3, 0.4) is 0 Å². The molecule has 0 fully saturated rings. The molecule has 0 aliphatic carbocycles. The van der Waals surface area contributed by atoms with Crippen molar-refractivity contribution in [3.05, 3.63) is 0 Å². The number of nitrogens with zero attached hydrogens (tertiary/aromatic N) is 7. The van der Waals surface area contributed by atoms with E-state index in [-0.39, 0.29) is 35.7 Å². The smallest absolute Gasteiger partial charge is 0.243 e. The third-order valence-corrected chi connectivity index (χ3v) is 10.6. The molecular formula is C47H103N7O2. The average molecular weight is 798 g/mol. The van der Waals surface area contributed by atoms with Gasteiger partial charge in [-0.15, -0.1) is 0 Å². The first-order chi connectivity index (χ1) is 25.4. The predicted molar refractivity (Wildman–Crippen MR) is 248 cm³/mol. The van der Waals surface area contributed by atoms with Gasteiger partial charge in [0, 0.05) is 118 Å². The van der Waals surface area contributed by atoms with Crippen molar-refractivity contribution < 1.29 is 9.59 Å². The first-order valence-corrected chi connectivity index (χ1v) is 22.9. The van der Waals surface area contributed by atoms with Crippen molar-refractivity contribution in [2.75, 3.05) is 39.3 Å². The SMILES string of the molecule is CC(C)C(=O)N(C(C)C)N(C(=O)C(C)C)C(C)C.CC(C)N(CCN(C(C)C)C(C)C)C(C)C.CC(C)N(CCN(C(C)C)C(C)C)CCN(C(C)C)C(C)C. The summed E-state index contributed by atoms with van der Waals surface area (Å²) in [4.78, 5) is 37.5. The molecule has 0 heterocycles. The Morgan fingerprint density at radius 2 is 0.446 bits per heavy atom. The summed E-state index contributed by atoms with van der Waals surface area (Å²) >= 11 is 0. The largest absolute Gasteiger partial charge is 0.298 e. The molecule has 0 bridgehead atoms. The monoisotopic (exact) mass is 798 g/mol. The van der Waals surface area contributed by atoms with Crippen LogP contribution < -0.4 is 0 Å². The minimum Gasteiger partial charge on any atom is -0.298 e. The number of amides is 2. The fourth-order valence-corrected chi connectivity index (χ4v) is 7.55. The van der Waals surface area contributed by atoms with Crippen LogP contribution in [0.1, 0.15) is 180 Å². The van der Waals surface area contributed by atoms with Crippen LogP contribution in [0.4, 0.5) is 0 Å². The van der Waals surface area contributed by atoms with Crippen LogP contribution in [-0.2, 0) is 9.59 Å². The van der Waals surface area contributed by atoms with Gasteiger partial charge in [0.1, 0.15) is 0 Å². The second kappa shape index (κ2) is 29.9. The first kappa shape index (κ1) is 59.1. The Labute approximate surface area is 352 Å². The Morgan fingerprint density at radius 3 is 0.571 bits per heavy atom. The van der Waals surface area contributed by atoms with Crippen LogP contribution in [0, 0.1) is 11.8 Å². The van der Waals surface area contributed by atoms with Gasteiger partial charge in [0.15, 0.2) is 0 Å². The Kier molecular flexibility index (Phi) is 31.5. The van der Waals surface area contributed by atoms with E-state index >= 15 is 0 Å². The molecule has 0 radical (unpaired) electrons. The lowest BCUT2D eigenvalue weighted by Gasteiger charge is -2.42. The molecule has 56 heavy (non-hydrogen) atoms. The standard InChI is InChI=1S/C19H43N3.C14H28N2O2.C14H32N2/c1-15(2)20(11-13-21(16(3)4)17(5)6)12-14-22(18(7)8)19(9)10;1-9(2)13(17)15(11(5)6)16(12(7)8)14(18)10(3)4;1-11(2)15(12(3)4)9-10-16(13(5)6)14(7)8/h15-19H,11-14H2,1-10H3;9-12H,1-8H3;11-14H,9-10H2,1-8H3. The van der Waals surface area contributed by atoms with Crippen molar-refractivity contribution in [1.29, 1.82) is 0 Å². The molecule has 0 atom stereocenters. The van der Waals surface area contributed by atoms with Crippen LogP contribution >= 0.6 is 0 Å². The van der Waals surface area contributed by atoms with Gasteiger partial charge < -0.3 is 0 Å². The molecule has 0 aromatic heterocycles. The maximum atomic E-state index is 12.3. The van der Waals surface area contributed by atoms with Crippen LogP contribution in [0.5, 0.6) is 0 Å². The summed E-state index contributed by atoms with van der Waals surface area (Å²) in [7, 11) is 0. The second-order valence-electron chi connectivity index (χ2n) is 19.7. The fraction of sp³-hybridized carbons (Fsp3) is 0.957. The van der Waals surface area contributed by atoms with Crippen LogP contribution in [0.25, 0.3) is 0 Å². The molecule has 338 valence electrons. The first-order valence-electron chi connectivity index (χ1n) is 22.9. The fourth-order valence-electron chi connectivity index (χ4n) is 7.55. The Hall–Kier alpha value is -1.26. The van der Waals surface area contributed by atoms with Gasteiger partial charge in [0.05, 0.1) is 0 Å². The molecule has 0 aliphatic rings. The van der Waals surface area contributed by atoms with Crippen molar-refractivity contribution in [3.63, 3.8) is 0 Å². The van der Waals surface area contributed by atoms with Gasteiger partial charge in [-0.25, -0.2) is 10.0 Å². The van der Waals surface area contributed by atoms with E-state index in [1.54, 1.807) is 10.0 Å². The van der Waals surface area contributed by atoms with E-state index in [0.29, 0.717) is 54.4 Å². The third kappa shape index (κ3) is 23.4. The van der Waals surface area contributed by atoms with Crippen LogP contribution in [-0.4, -0.2) is 152 Å². The number of rotatable bonds is 22. The van der Waals surface area contributed by atoms with Gasteiger partial charge in [0.2, 0.25) is 11.8 Å². The topological polar surface area (TPSA) is 56.8 Å². The summed E-state index contributed by atoms with van der Waals surface area (Å²) in [5.41, 5.74) is 0. The van der Waals surface area contributed by atoms with Crippen molar-refractivity contribution in [3.8, 4) is 0 Å². The van der Waals surface area contributed by atoms with E-state index in [0.717, 1.165) is 26.2 Å². The maximum Gasteiger partial charge on any atom is 0.243 e. The van der Waals surface area contributed by atoms with E-state index < -0.39 is 0 Å². The highest BCUT2D eigenvalue weighted by Gasteiger charge is 2.32. The van der Waals surface area contributed by atoms with Gasteiger partial charge in [0.25, 0.3) is 0 Å². The van der Waals surface area contributed by atoms with Gasteiger partial charge in [-0.05, 0) is 152 Å². The number of hydrogen-bond donors (Lipinski definition) is 0. The Bertz CT molecular complexity index is 883. The van der Waals surface area contributed by atoms with Crippen molar-refractivity contribution in [2.24, 2.45) is 11.8 Å². The highest BCUT2D eigenvalue weighted by Crippen LogP contribution is 2.17. The molecule has 0 saturated heterocycles. The number of hydrazine groups is 1. The second-order valence-corrected chi connectivity index (χ2v) is 19.7. The minimum absolute atomic E-state index is 0.00676. The lowest BCUT2D eigenvalue weighted by atomic mass is 10.1. The highest BCUT2D eigenvalue weighted by atomic mass is 16.2. The molecule has 0 unspecified atom stereocenters. The van der Waals surface area contributed by atoms with Crippen molar-refractivity contribution in [1.82, 2.24) is 34.5 Å². The third-order valence-electron chi connectivity index (χ3n) is 10.6. The normalized spacial score (nSPS) is 12.7. The zero-order chi connectivity index (χ0) is 44.9. The summed E-state index contributed by atoms with van der Waals surface area (Å²) in [5, 5.41) is 3.22. The summed E-state index contributed by atoms with van der Waals surface area (Å²) in [5.74, 6) is -0.248. The molecule has 9 heteroatoms. The number of carbonyl (C=O) groups excluding carboxylic acids is 2. The minimum atomic E-state index is -0.117. The number of carbonyl (C=O) groups is 2. The van der Waals surface area contributed by atoms with E-state index in [2.05, 4.69) is 149 Å². The number of hydrogen-bond acceptors (Lipinski definition) is 7. The quantitative estimate of drug-likeness (QED) is 0.101. The lowest BCUT2D eigenvalue weighted by molar-refractivity contribution is -0.176. The molecule has 0 N–H and O–H groups in total. The average Bonchev–Trinajstić information content (AvgIpc) is 3.02. The van der Waals surface area contributed by atoms with Crippen LogP contribution in [0.2, 0.25) is 0 Å². The lowest BCUT2D eigenvalue weighted by Crippen LogP contribution is -2.57. The molecular weight excluding hydrogens is 695 g/mol. The molecule has 0 aromatic carbocycles. The molecule has 0 spiro atoms. The predicted octanol–water partition coefficient (Wildman–Crippen LogP) is 9.85. The molecule has 0 saturated carbocycles. The Morgan fingerprint density at radius 1 is 0.268 bits per heavy atom. The van der Waals surface area contributed by atoms with E-state index in [1.807, 2.05) is 55.4 Å². The maximum absolute atomic E-state index is 12.3. The van der Waals surface area contributed by atoms with Gasteiger partial charge >= 0.3 is 0 Å². The van der Waals surface area contributed by atoms with Gasteiger partial charge in [-0.1, -0.05) is 27.7 Å². The molecule has 0 aromatic rings. The summed E-state index contributed by atoms with van der Waals surface area (Å²) in [6, 6.07) is 5.62. The zero-order valence-electron chi connectivity index (χ0n) is 42.7. The summed E-state index contributed by atoms with van der Waals surface area (Å²) < 4.78 is 0. The summed E-state index contributed by atoms with van der Waals surface area (Å²) in [6.07, 6.45) is 0. The molecule has 9 nitrogen and oxygen atoms in total. The highest BCUT2D eigenvalue weighted by molar-refractivity contribution is 5.84. The van der Waals surface area contributed by atoms with Gasteiger partial charge in [-0.3, -0.25) is 34.1 Å². The van der Waals surface area contributed by atoms with Crippen LogP contribution in [0.15, 0.2) is 0 Å². The van der Waals surface area contributed by atoms with Crippen molar-refractivity contribution >= 4 is 11.8 Å². The Balaban J connectivity index is -0.000000763. The van der Waals surface area contributed by atoms with Crippen molar-refractivity contribution in [2.45, 2.75) is 246 Å². The molecule has 0 rings (SSSR count). The summed E-state index contributed by atoms with van der Waals surface area (Å²) in [6.45, 7) is 63.5. The van der Waals surface area contributed by atoms with E-state index in [1.165, 1.54) is 13.1 Å². The van der Waals surface area contributed by atoms with Gasteiger partial charge in [-0.2, -0.15) is 0 Å². The van der Waals surface area contributed by atoms with E-state index in [4.69, 9.17) is 0 Å². The van der Waals surface area contributed by atoms with E-state index in [9.17, 15) is 9.59 Å². The molecule has 0 aliphatic heterocycles.